The summed E-state index contributed by atoms with van der Waals surface area (Å²) >= 11 is 0. The quantitative estimate of drug-likeness (QED) is 0.665. The minimum atomic E-state index is 0. The summed E-state index contributed by atoms with van der Waals surface area (Å²) in [4.78, 5) is 13.3. The largest absolute Gasteiger partial charge is 0.300 e. The summed E-state index contributed by atoms with van der Waals surface area (Å²) in [6.45, 7) is 6.39. The Kier molecular flexibility index (Phi) is 5.51. The Morgan fingerprint density at radius 2 is 1.92 bits per heavy atom. The van der Waals surface area contributed by atoms with Crippen molar-refractivity contribution in [2.24, 2.45) is 0 Å². The van der Waals surface area contributed by atoms with Gasteiger partial charge in [-0.2, -0.15) is 0 Å². The van der Waals surface area contributed by atoms with Crippen molar-refractivity contribution in [3.05, 3.63) is 0 Å². The number of carbonyl (C=O) groups is 1. The molecule has 1 fully saturated rings. The molecule has 0 spiro atoms. The topological polar surface area (TPSA) is 20.3 Å². The van der Waals surface area contributed by atoms with E-state index >= 15 is 0 Å². The van der Waals surface area contributed by atoms with Crippen molar-refractivity contribution >= 4 is 18.2 Å². The number of hydrogen-bond donors (Lipinski definition) is 0. The molecule has 0 amide bonds. The molecule has 1 rings (SSSR count). The Labute approximate surface area is 80.7 Å². The molecule has 1 unspecified atom stereocenters. The van der Waals surface area contributed by atoms with Crippen LogP contribution in [0.15, 0.2) is 0 Å². The van der Waals surface area contributed by atoms with Gasteiger partial charge in [0.15, 0.2) is 0 Å². The summed E-state index contributed by atoms with van der Waals surface area (Å²) in [6, 6.07) is 0.656. The molecule has 1 atom stereocenters. The van der Waals surface area contributed by atoms with Crippen LogP contribution in [0.2, 0.25) is 0 Å². The second kappa shape index (κ2) is 5.55. The maximum atomic E-state index is 10.9. The molecule has 0 aliphatic carbocycles. The number of likely N-dealkylation sites (tertiary alicyclic amines) is 1. The van der Waals surface area contributed by atoms with Gasteiger partial charge in [0.05, 0.1) is 0 Å². The van der Waals surface area contributed by atoms with E-state index in [0.29, 0.717) is 11.8 Å². The average Bonchev–Trinajstić information content (AvgIpc) is 2.05. The number of rotatable bonds is 2. The molecule has 0 bridgehead atoms. The van der Waals surface area contributed by atoms with Crippen molar-refractivity contribution in [3.63, 3.8) is 0 Å². The van der Waals surface area contributed by atoms with Gasteiger partial charge in [-0.3, -0.25) is 9.69 Å². The number of halogens is 1. The molecule has 0 N–H and O–H groups in total. The Morgan fingerprint density at radius 3 is 2.33 bits per heavy atom. The third-order valence-electron chi connectivity index (χ3n) is 2.57. The summed E-state index contributed by atoms with van der Waals surface area (Å²) in [5, 5.41) is 0. The van der Waals surface area contributed by atoms with Gasteiger partial charge in [-0.05, 0) is 13.3 Å². The standard InChI is InChI=1S/C9H17NO.ClH/c1-3-8(2)10-6-4-9(11)5-7-10;/h8H,3-7H2,1-2H3;1H. The van der Waals surface area contributed by atoms with Crippen LogP contribution in [-0.2, 0) is 4.79 Å². The van der Waals surface area contributed by atoms with E-state index in [1.165, 1.54) is 6.42 Å². The van der Waals surface area contributed by atoms with E-state index in [1.807, 2.05) is 0 Å². The second-order valence-corrected chi connectivity index (χ2v) is 3.33. The summed E-state index contributed by atoms with van der Waals surface area (Å²) in [5.41, 5.74) is 0. The van der Waals surface area contributed by atoms with Gasteiger partial charge in [-0.15, -0.1) is 12.4 Å². The molecular formula is C9H18ClNO. The molecule has 1 aliphatic heterocycles. The second-order valence-electron chi connectivity index (χ2n) is 3.33. The van der Waals surface area contributed by atoms with Crippen molar-refractivity contribution in [1.82, 2.24) is 4.90 Å². The molecule has 2 nitrogen and oxygen atoms in total. The van der Waals surface area contributed by atoms with Crippen molar-refractivity contribution in [1.29, 1.82) is 0 Å². The Bertz CT molecular complexity index is 139. The van der Waals surface area contributed by atoms with Crippen molar-refractivity contribution in [3.8, 4) is 0 Å². The third kappa shape index (κ3) is 3.11. The van der Waals surface area contributed by atoms with Crippen molar-refractivity contribution in [2.75, 3.05) is 13.1 Å². The molecule has 1 heterocycles. The lowest BCUT2D eigenvalue weighted by molar-refractivity contribution is -0.121. The fourth-order valence-electron chi connectivity index (χ4n) is 1.47. The first-order valence-electron chi connectivity index (χ1n) is 4.49. The Balaban J connectivity index is 0.00000121. The number of Topliss-reactive ketones (excluding diaryl/α,β-unsaturated/α-hetero) is 1. The number of piperidine rings is 1. The maximum Gasteiger partial charge on any atom is 0.135 e. The van der Waals surface area contributed by atoms with Gasteiger partial charge in [0.1, 0.15) is 5.78 Å². The number of ketones is 1. The van der Waals surface area contributed by atoms with Crippen LogP contribution in [0.1, 0.15) is 33.1 Å². The minimum absolute atomic E-state index is 0. The zero-order valence-electron chi connectivity index (χ0n) is 7.88. The fraction of sp³-hybridized carbons (Fsp3) is 0.889. The lowest BCUT2D eigenvalue weighted by Crippen LogP contribution is -2.39. The van der Waals surface area contributed by atoms with Gasteiger partial charge >= 0.3 is 0 Å². The summed E-state index contributed by atoms with van der Waals surface area (Å²) < 4.78 is 0. The SMILES string of the molecule is CCC(C)N1CCC(=O)CC1.Cl. The molecule has 1 aliphatic rings. The van der Waals surface area contributed by atoms with Gasteiger partial charge in [0.2, 0.25) is 0 Å². The van der Waals surface area contributed by atoms with E-state index in [2.05, 4.69) is 18.7 Å². The van der Waals surface area contributed by atoms with Gasteiger partial charge in [-0.1, -0.05) is 6.92 Å². The van der Waals surface area contributed by atoms with Gasteiger partial charge in [0, 0.05) is 32.0 Å². The molecule has 3 heteroatoms. The van der Waals surface area contributed by atoms with Crippen LogP contribution in [0.4, 0.5) is 0 Å². The van der Waals surface area contributed by atoms with E-state index in [0.717, 1.165) is 25.9 Å². The molecule has 0 aromatic carbocycles. The van der Waals surface area contributed by atoms with E-state index < -0.39 is 0 Å². The average molecular weight is 192 g/mol. The highest BCUT2D eigenvalue weighted by molar-refractivity contribution is 5.85. The molecule has 0 aromatic rings. The van der Waals surface area contributed by atoms with E-state index in [1.54, 1.807) is 0 Å². The highest BCUT2D eigenvalue weighted by Crippen LogP contribution is 2.11. The van der Waals surface area contributed by atoms with Gasteiger partial charge < -0.3 is 0 Å². The first kappa shape index (κ1) is 11.9. The highest BCUT2D eigenvalue weighted by atomic mass is 35.5. The summed E-state index contributed by atoms with van der Waals surface area (Å²) in [7, 11) is 0. The van der Waals surface area contributed by atoms with E-state index in [-0.39, 0.29) is 12.4 Å². The number of nitrogens with zero attached hydrogens (tertiary/aromatic N) is 1. The normalized spacial score (nSPS) is 21.7. The number of carbonyl (C=O) groups excluding carboxylic acids is 1. The molecule has 0 aromatic heterocycles. The predicted octanol–water partition coefficient (Wildman–Crippen LogP) is 1.87. The highest BCUT2D eigenvalue weighted by Gasteiger charge is 2.18. The lowest BCUT2D eigenvalue weighted by Gasteiger charge is -2.30. The molecular weight excluding hydrogens is 174 g/mol. The van der Waals surface area contributed by atoms with Crippen molar-refractivity contribution in [2.45, 2.75) is 39.2 Å². The van der Waals surface area contributed by atoms with Crippen LogP contribution in [-0.4, -0.2) is 29.8 Å². The van der Waals surface area contributed by atoms with Crippen LogP contribution in [0.25, 0.3) is 0 Å². The van der Waals surface area contributed by atoms with E-state index in [9.17, 15) is 4.79 Å². The fourth-order valence-corrected chi connectivity index (χ4v) is 1.47. The zero-order chi connectivity index (χ0) is 8.27. The van der Waals surface area contributed by atoms with Crippen LogP contribution < -0.4 is 0 Å². The van der Waals surface area contributed by atoms with Crippen LogP contribution in [0.5, 0.6) is 0 Å². The minimum Gasteiger partial charge on any atom is -0.300 e. The molecule has 0 saturated carbocycles. The first-order valence-corrected chi connectivity index (χ1v) is 4.49. The monoisotopic (exact) mass is 191 g/mol. The summed E-state index contributed by atoms with van der Waals surface area (Å²) in [6.07, 6.45) is 2.73. The van der Waals surface area contributed by atoms with Crippen LogP contribution in [0, 0.1) is 0 Å². The predicted molar refractivity (Wildman–Crippen MR) is 52.8 cm³/mol. The molecule has 0 radical (unpaired) electrons. The first-order chi connectivity index (χ1) is 5.24. The third-order valence-corrected chi connectivity index (χ3v) is 2.57. The molecule has 1 saturated heterocycles. The smallest absolute Gasteiger partial charge is 0.135 e. The number of hydrogen-bond acceptors (Lipinski definition) is 2. The maximum absolute atomic E-state index is 10.9. The van der Waals surface area contributed by atoms with Crippen LogP contribution in [0.3, 0.4) is 0 Å². The Morgan fingerprint density at radius 1 is 1.42 bits per heavy atom. The Hall–Kier alpha value is -0.0800. The summed E-state index contributed by atoms with van der Waals surface area (Å²) in [5.74, 6) is 0.435. The van der Waals surface area contributed by atoms with Crippen molar-refractivity contribution < 1.29 is 4.79 Å². The molecule has 12 heavy (non-hydrogen) atoms. The van der Waals surface area contributed by atoms with Gasteiger partial charge in [0.25, 0.3) is 0 Å². The van der Waals surface area contributed by atoms with Crippen LogP contribution >= 0.6 is 12.4 Å². The zero-order valence-corrected chi connectivity index (χ0v) is 8.69. The van der Waals surface area contributed by atoms with E-state index in [4.69, 9.17) is 0 Å². The lowest BCUT2D eigenvalue weighted by atomic mass is 10.1. The molecule has 72 valence electrons. The van der Waals surface area contributed by atoms with Gasteiger partial charge in [-0.25, -0.2) is 0 Å².